The van der Waals surface area contributed by atoms with Crippen molar-refractivity contribution in [1.82, 2.24) is 5.32 Å². The molecule has 1 atom stereocenters. The van der Waals surface area contributed by atoms with Crippen LogP contribution in [0.15, 0.2) is 18.2 Å². The number of hydrogen-bond acceptors (Lipinski definition) is 2. The number of hydrogen-bond donors (Lipinski definition) is 1. The Kier molecular flexibility index (Phi) is 5.25. The Hall–Kier alpha value is -0.770. The Balaban J connectivity index is 2.90. The molecule has 1 N–H and O–H groups in total. The molecule has 1 aromatic carbocycles. The first-order valence-corrected chi connectivity index (χ1v) is 6.77. The van der Waals surface area contributed by atoms with Crippen LogP contribution in [0.3, 0.4) is 0 Å². The van der Waals surface area contributed by atoms with Crippen molar-refractivity contribution >= 4 is 46.5 Å². The van der Waals surface area contributed by atoms with Gasteiger partial charge in [-0.1, -0.05) is 61.6 Å². The Morgan fingerprint density at radius 2 is 1.63 bits per heavy atom. The monoisotopic (exact) mass is 321 g/mol. The number of ketones is 1. The molecule has 1 rings (SSSR count). The maximum absolute atomic E-state index is 12.0. The number of alkyl halides is 1. The maximum Gasteiger partial charge on any atom is 0.255 e. The summed E-state index contributed by atoms with van der Waals surface area (Å²) in [7, 11) is 0. The molecule has 0 aliphatic carbocycles. The molecular formula is C13H14Cl3NO2. The van der Waals surface area contributed by atoms with Crippen molar-refractivity contribution in [3.05, 3.63) is 33.8 Å². The van der Waals surface area contributed by atoms with E-state index in [-0.39, 0.29) is 21.4 Å². The van der Waals surface area contributed by atoms with Crippen molar-refractivity contribution < 1.29 is 9.59 Å². The van der Waals surface area contributed by atoms with Crippen molar-refractivity contribution in [2.75, 3.05) is 0 Å². The lowest BCUT2D eigenvalue weighted by atomic mass is 9.90. The van der Waals surface area contributed by atoms with E-state index in [2.05, 4.69) is 5.32 Å². The summed E-state index contributed by atoms with van der Waals surface area (Å²) in [6.45, 7) is 5.16. The molecule has 3 nitrogen and oxygen atoms in total. The van der Waals surface area contributed by atoms with E-state index in [4.69, 9.17) is 34.8 Å². The molecule has 0 aromatic heterocycles. The van der Waals surface area contributed by atoms with Gasteiger partial charge in [0, 0.05) is 5.41 Å². The fourth-order valence-corrected chi connectivity index (χ4v) is 2.34. The third kappa shape index (κ3) is 4.10. The van der Waals surface area contributed by atoms with Gasteiger partial charge in [-0.25, -0.2) is 0 Å². The summed E-state index contributed by atoms with van der Waals surface area (Å²) in [5, 5.41) is 2.80. The van der Waals surface area contributed by atoms with Crippen LogP contribution in [-0.4, -0.2) is 17.2 Å². The molecule has 6 heteroatoms. The van der Waals surface area contributed by atoms with Gasteiger partial charge in [-0.05, 0) is 12.1 Å². The zero-order valence-electron chi connectivity index (χ0n) is 10.8. The standard InChI is InChI=1S/C13H14Cl3NO2/c1-13(2,3)10(18)11(16)17-12(19)9-7(14)5-4-6-8(9)15/h4-6,11H,1-3H3,(H,17,19). The van der Waals surface area contributed by atoms with E-state index >= 15 is 0 Å². The van der Waals surface area contributed by atoms with Crippen LogP contribution < -0.4 is 5.32 Å². The predicted molar refractivity (Wildman–Crippen MR) is 78.0 cm³/mol. The molecule has 0 aliphatic rings. The minimum absolute atomic E-state index is 0.109. The summed E-state index contributed by atoms with van der Waals surface area (Å²) in [6, 6.07) is 4.70. The van der Waals surface area contributed by atoms with Gasteiger partial charge in [0.25, 0.3) is 5.91 Å². The highest BCUT2D eigenvalue weighted by molar-refractivity contribution is 6.40. The Labute approximate surface area is 127 Å². The second-order valence-corrected chi connectivity index (χ2v) is 6.30. The number of benzene rings is 1. The highest BCUT2D eigenvalue weighted by atomic mass is 35.5. The van der Waals surface area contributed by atoms with E-state index < -0.39 is 16.8 Å². The first-order chi connectivity index (χ1) is 8.64. The number of rotatable bonds is 3. The van der Waals surface area contributed by atoms with Gasteiger partial charge in [-0.15, -0.1) is 0 Å². The van der Waals surface area contributed by atoms with E-state index in [1.54, 1.807) is 26.8 Å². The van der Waals surface area contributed by atoms with E-state index in [9.17, 15) is 9.59 Å². The van der Waals surface area contributed by atoms with E-state index in [0.717, 1.165) is 0 Å². The zero-order valence-corrected chi connectivity index (χ0v) is 13.0. The fourth-order valence-electron chi connectivity index (χ4n) is 1.35. The molecular weight excluding hydrogens is 309 g/mol. The van der Waals surface area contributed by atoms with Crippen LogP contribution in [-0.2, 0) is 4.79 Å². The highest BCUT2D eigenvalue weighted by Gasteiger charge is 2.30. The van der Waals surface area contributed by atoms with Gasteiger partial charge in [0.2, 0.25) is 0 Å². The molecule has 0 aliphatic heterocycles. The van der Waals surface area contributed by atoms with Gasteiger partial charge in [-0.2, -0.15) is 0 Å². The lowest BCUT2D eigenvalue weighted by Gasteiger charge is -2.21. The average molecular weight is 323 g/mol. The van der Waals surface area contributed by atoms with Gasteiger partial charge in [0.05, 0.1) is 15.6 Å². The molecule has 104 valence electrons. The third-order valence-electron chi connectivity index (χ3n) is 2.42. The van der Waals surface area contributed by atoms with E-state index in [1.807, 2.05) is 0 Å². The summed E-state index contributed by atoms with van der Waals surface area (Å²) >= 11 is 17.7. The SMILES string of the molecule is CC(C)(C)C(=O)C(Cl)NC(=O)c1c(Cl)cccc1Cl. The Bertz CT molecular complexity index is 489. The molecule has 0 fully saturated rings. The van der Waals surface area contributed by atoms with Crippen LogP contribution in [0.4, 0.5) is 0 Å². The van der Waals surface area contributed by atoms with Gasteiger partial charge in [0.15, 0.2) is 11.3 Å². The maximum atomic E-state index is 12.0. The number of carbonyl (C=O) groups excluding carboxylic acids is 2. The largest absolute Gasteiger partial charge is 0.329 e. The summed E-state index contributed by atoms with van der Waals surface area (Å²) in [5.41, 5.74) is -1.66. The summed E-state index contributed by atoms with van der Waals surface area (Å²) < 4.78 is 0. The van der Waals surface area contributed by atoms with Crippen molar-refractivity contribution in [2.24, 2.45) is 5.41 Å². The molecule has 0 heterocycles. The predicted octanol–water partition coefficient (Wildman–Crippen LogP) is 3.90. The third-order valence-corrected chi connectivity index (χ3v) is 3.35. The van der Waals surface area contributed by atoms with Gasteiger partial charge in [-0.3, -0.25) is 9.59 Å². The second kappa shape index (κ2) is 6.12. The number of nitrogens with one attached hydrogen (secondary N) is 1. The molecule has 0 radical (unpaired) electrons. The van der Waals surface area contributed by atoms with Crippen LogP contribution in [0.1, 0.15) is 31.1 Å². The molecule has 0 spiro atoms. The Morgan fingerprint density at radius 1 is 1.16 bits per heavy atom. The van der Waals surface area contributed by atoms with Gasteiger partial charge in [0.1, 0.15) is 0 Å². The van der Waals surface area contributed by atoms with Crippen LogP contribution in [0.2, 0.25) is 10.0 Å². The summed E-state index contributed by atoms with van der Waals surface area (Å²) in [5.74, 6) is -0.862. The lowest BCUT2D eigenvalue weighted by Crippen LogP contribution is -2.42. The number of amides is 1. The van der Waals surface area contributed by atoms with E-state index in [1.165, 1.54) is 12.1 Å². The summed E-state index contributed by atoms with van der Waals surface area (Å²) in [4.78, 5) is 23.9. The van der Waals surface area contributed by atoms with Crippen molar-refractivity contribution in [3.8, 4) is 0 Å². The lowest BCUT2D eigenvalue weighted by molar-refractivity contribution is -0.126. The topological polar surface area (TPSA) is 46.2 Å². The van der Waals surface area contributed by atoms with Crippen LogP contribution in [0.5, 0.6) is 0 Å². The smallest absolute Gasteiger partial charge is 0.255 e. The van der Waals surface area contributed by atoms with Crippen molar-refractivity contribution in [3.63, 3.8) is 0 Å². The molecule has 0 bridgehead atoms. The quantitative estimate of drug-likeness (QED) is 0.677. The van der Waals surface area contributed by atoms with E-state index in [0.29, 0.717) is 0 Å². The molecule has 0 saturated carbocycles. The number of Topliss-reactive ketones (excluding diaryl/α,β-unsaturated/α-hetero) is 1. The first kappa shape index (κ1) is 16.3. The summed E-state index contributed by atoms with van der Waals surface area (Å²) in [6.07, 6.45) is 0. The minimum atomic E-state index is -1.13. The zero-order chi connectivity index (χ0) is 14.8. The first-order valence-electron chi connectivity index (χ1n) is 5.58. The molecule has 1 amide bonds. The van der Waals surface area contributed by atoms with Crippen molar-refractivity contribution in [1.29, 1.82) is 0 Å². The normalized spacial score (nSPS) is 12.9. The highest BCUT2D eigenvalue weighted by Crippen LogP contribution is 2.25. The minimum Gasteiger partial charge on any atom is -0.329 e. The van der Waals surface area contributed by atoms with Gasteiger partial charge >= 0.3 is 0 Å². The number of carbonyl (C=O) groups is 2. The van der Waals surface area contributed by atoms with Crippen molar-refractivity contribution in [2.45, 2.75) is 26.3 Å². The molecule has 1 unspecified atom stereocenters. The number of halogens is 3. The van der Waals surface area contributed by atoms with Gasteiger partial charge < -0.3 is 5.32 Å². The Morgan fingerprint density at radius 3 is 2.05 bits per heavy atom. The average Bonchev–Trinajstić information content (AvgIpc) is 2.26. The van der Waals surface area contributed by atoms with Crippen LogP contribution >= 0.6 is 34.8 Å². The second-order valence-electron chi connectivity index (χ2n) is 5.05. The molecule has 0 saturated heterocycles. The molecule has 1 aromatic rings. The van der Waals surface area contributed by atoms with Crippen LogP contribution in [0.25, 0.3) is 0 Å². The van der Waals surface area contributed by atoms with Crippen LogP contribution in [0, 0.1) is 5.41 Å². The molecule has 19 heavy (non-hydrogen) atoms. The fraction of sp³-hybridized carbons (Fsp3) is 0.385.